The summed E-state index contributed by atoms with van der Waals surface area (Å²) < 4.78 is 7.20. The summed E-state index contributed by atoms with van der Waals surface area (Å²) in [7, 11) is 0. The first-order chi connectivity index (χ1) is 20.4. The van der Waals surface area contributed by atoms with Gasteiger partial charge in [0, 0.05) is 16.1 Å². The number of aryl methyl sites for hydroxylation is 1. The number of aromatic nitrogens is 2. The van der Waals surface area contributed by atoms with Gasteiger partial charge in [0.05, 0.1) is 35.2 Å². The second-order valence-electron chi connectivity index (χ2n) is 10.1. The van der Waals surface area contributed by atoms with Crippen molar-refractivity contribution in [1.82, 2.24) is 15.1 Å². The number of hydrogen-bond donors (Lipinski definition) is 1. The summed E-state index contributed by atoms with van der Waals surface area (Å²) in [6.07, 6.45) is 1.56. The Morgan fingerprint density at radius 1 is 1.02 bits per heavy atom. The molecule has 1 atom stereocenters. The molecule has 0 radical (unpaired) electrons. The van der Waals surface area contributed by atoms with Crippen molar-refractivity contribution in [3.05, 3.63) is 124 Å². The molecule has 2 amide bonds. The molecule has 0 saturated carbocycles. The summed E-state index contributed by atoms with van der Waals surface area (Å²) in [5.74, 6) is 0.872. The maximum atomic E-state index is 13.9. The van der Waals surface area contributed by atoms with Crippen LogP contribution in [0.4, 0.5) is 5.82 Å². The molecule has 0 saturated heterocycles. The van der Waals surface area contributed by atoms with Crippen LogP contribution in [0, 0.1) is 13.8 Å². The van der Waals surface area contributed by atoms with E-state index >= 15 is 0 Å². The quantitative estimate of drug-likeness (QED) is 0.221. The third-order valence-corrected chi connectivity index (χ3v) is 9.05. The summed E-state index contributed by atoms with van der Waals surface area (Å²) in [5, 5.41) is 8.37. The smallest absolute Gasteiger partial charge is 0.240 e. The molecular formula is C33H29ClN4O3S. The molecule has 0 bridgehead atoms. The summed E-state index contributed by atoms with van der Waals surface area (Å²) >= 11 is 8.27. The van der Waals surface area contributed by atoms with E-state index in [1.807, 2.05) is 91.3 Å². The normalized spacial score (nSPS) is 14.9. The molecule has 9 heteroatoms. The molecule has 7 nitrogen and oxygen atoms in total. The van der Waals surface area contributed by atoms with Gasteiger partial charge in [0.15, 0.2) is 0 Å². The number of furan rings is 1. The number of amides is 2. The van der Waals surface area contributed by atoms with Crippen molar-refractivity contribution in [2.45, 2.75) is 25.6 Å². The van der Waals surface area contributed by atoms with Crippen LogP contribution in [-0.4, -0.2) is 33.9 Å². The number of thioether (sulfide) groups is 1. The van der Waals surface area contributed by atoms with Gasteiger partial charge in [-0.25, -0.2) is 4.68 Å². The highest BCUT2D eigenvalue weighted by atomic mass is 35.5. The standard InChI is InChI=1S/C33H29ClN4O3S/c1-21-10-8-16-27(22(21)2)38-33-30(31(36-38)23-11-4-3-5-12-23)32(25-14-6-7-15-26(25)34)42-20-29(40)37(33)19-28(39)35-18-24-13-9-17-41-24/h3-17,32H,18-20H2,1-2H3,(H,35,39)/t32-/m1/s1. The average Bonchev–Trinajstić information content (AvgIpc) is 3.63. The van der Waals surface area contributed by atoms with Crippen LogP contribution in [0.2, 0.25) is 5.02 Å². The number of hydrogen-bond acceptors (Lipinski definition) is 5. The molecule has 0 spiro atoms. The third-order valence-electron chi connectivity index (χ3n) is 7.47. The molecule has 0 unspecified atom stereocenters. The van der Waals surface area contributed by atoms with Crippen molar-refractivity contribution in [2.75, 3.05) is 17.2 Å². The highest BCUT2D eigenvalue weighted by Crippen LogP contribution is 2.50. The van der Waals surface area contributed by atoms with Crippen LogP contribution in [0.3, 0.4) is 0 Å². The Labute approximate surface area is 253 Å². The van der Waals surface area contributed by atoms with E-state index in [9.17, 15) is 9.59 Å². The van der Waals surface area contributed by atoms with E-state index in [1.54, 1.807) is 23.3 Å². The van der Waals surface area contributed by atoms with Crippen LogP contribution < -0.4 is 10.2 Å². The fraction of sp³-hybridized carbons (Fsp3) is 0.182. The molecule has 212 valence electrons. The Morgan fingerprint density at radius 2 is 1.81 bits per heavy atom. The number of anilines is 1. The second-order valence-corrected chi connectivity index (χ2v) is 11.6. The fourth-order valence-corrected chi connectivity index (χ4v) is 6.74. The molecule has 0 aliphatic carbocycles. The molecule has 3 heterocycles. The Bertz CT molecular complexity index is 1750. The predicted molar refractivity (Wildman–Crippen MR) is 167 cm³/mol. The minimum absolute atomic E-state index is 0.164. The number of carbonyl (C=O) groups excluding carboxylic acids is 2. The Morgan fingerprint density at radius 3 is 2.57 bits per heavy atom. The van der Waals surface area contributed by atoms with Crippen molar-refractivity contribution >= 4 is 41.0 Å². The number of nitrogens with zero attached hydrogens (tertiary/aromatic N) is 3. The zero-order chi connectivity index (χ0) is 29.2. The molecule has 1 N–H and O–H groups in total. The van der Waals surface area contributed by atoms with Gasteiger partial charge in [0.2, 0.25) is 11.8 Å². The second kappa shape index (κ2) is 11.9. The van der Waals surface area contributed by atoms with Gasteiger partial charge in [-0.2, -0.15) is 5.10 Å². The van der Waals surface area contributed by atoms with E-state index in [-0.39, 0.29) is 35.9 Å². The van der Waals surface area contributed by atoms with Gasteiger partial charge in [-0.05, 0) is 54.8 Å². The summed E-state index contributed by atoms with van der Waals surface area (Å²) in [5.41, 5.74) is 6.34. The maximum absolute atomic E-state index is 13.9. The number of halogens is 1. The number of benzene rings is 3. The van der Waals surface area contributed by atoms with Crippen LogP contribution in [0.25, 0.3) is 16.9 Å². The van der Waals surface area contributed by atoms with Gasteiger partial charge in [-0.15, -0.1) is 11.8 Å². The van der Waals surface area contributed by atoms with Crippen LogP contribution >= 0.6 is 23.4 Å². The van der Waals surface area contributed by atoms with E-state index in [1.165, 1.54) is 11.8 Å². The van der Waals surface area contributed by atoms with Crippen molar-refractivity contribution in [1.29, 1.82) is 0 Å². The van der Waals surface area contributed by atoms with Gasteiger partial charge in [-0.3, -0.25) is 14.5 Å². The molecule has 0 fully saturated rings. The van der Waals surface area contributed by atoms with Crippen molar-refractivity contribution in [2.24, 2.45) is 0 Å². The van der Waals surface area contributed by atoms with Gasteiger partial charge in [-0.1, -0.05) is 72.3 Å². The maximum Gasteiger partial charge on any atom is 0.240 e. The molecule has 42 heavy (non-hydrogen) atoms. The van der Waals surface area contributed by atoms with E-state index in [0.717, 1.165) is 39.2 Å². The van der Waals surface area contributed by atoms with E-state index < -0.39 is 0 Å². The van der Waals surface area contributed by atoms with E-state index in [4.69, 9.17) is 21.1 Å². The molecule has 2 aromatic heterocycles. The summed E-state index contributed by atoms with van der Waals surface area (Å²) in [6.45, 7) is 4.14. The lowest BCUT2D eigenvalue weighted by atomic mass is 9.99. The van der Waals surface area contributed by atoms with Crippen LogP contribution in [-0.2, 0) is 16.1 Å². The van der Waals surface area contributed by atoms with Crippen molar-refractivity contribution in [3.8, 4) is 16.9 Å². The zero-order valence-corrected chi connectivity index (χ0v) is 24.8. The molecule has 3 aromatic carbocycles. The first-order valence-corrected chi connectivity index (χ1v) is 15.1. The lowest BCUT2D eigenvalue weighted by Crippen LogP contribution is -2.42. The molecule has 1 aliphatic heterocycles. The number of fused-ring (bicyclic) bond motifs is 1. The first kappa shape index (κ1) is 27.9. The Kier molecular flexibility index (Phi) is 7.91. The lowest BCUT2D eigenvalue weighted by Gasteiger charge is -2.24. The Balaban J connectivity index is 1.57. The number of nitrogens with one attached hydrogen (secondary N) is 1. The van der Waals surface area contributed by atoms with Crippen LogP contribution in [0.5, 0.6) is 0 Å². The minimum atomic E-state index is -0.304. The third kappa shape index (κ3) is 5.35. The topological polar surface area (TPSA) is 80.4 Å². The molecule has 6 rings (SSSR count). The van der Waals surface area contributed by atoms with Crippen LogP contribution in [0.1, 0.15) is 33.3 Å². The lowest BCUT2D eigenvalue weighted by molar-refractivity contribution is -0.123. The summed E-state index contributed by atoms with van der Waals surface area (Å²) in [6, 6.07) is 27.2. The van der Waals surface area contributed by atoms with Gasteiger partial charge in [0.1, 0.15) is 18.1 Å². The van der Waals surface area contributed by atoms with Gasteiger partial charge >= 0.3 is 0 Å². The SMILES string of the molecule is Cc1cccc(-n2nc(-c3ccccc3)c3c2N(CC(=O)NCc2ccco2)C(=O)CS[C@@H]3c2ccccc2Cl)c1C. The Hall–Kier alpha value is -4.27. The predicted octanol–water partition coefficient (Wildman–Crippen LogP) is 6.89. The molecule has 1 aliphatic rings. The fourth-order valence-electron chi connectivity index (χ4n) is 5.19. The summed E-state index contributed by atoms with van der Waals surface area (Å²) in [4.78, 5) is 28.8. The monoisotopic (exact) mass is 596 g/mol. The highest BCUT2D eigenvalue weighted by Gasteiger charge is 2.38. The van der Waals surface area contributed by atoms with Crippen molar-refractivity contribution < 1.29 is 14.0 Å². The largest absolute Gasteiger partial charge is 0.467 e. The molecular weight excluding hydrogens is 568 g/mol. The van der Waals surface area contributed by atoms with Crippen molar-refractivity contribution in [3.63, 3.8) is 0 Å². The van der Waals surface area contributed by atoms with Gasteiger partial charge in [0.25, 0.3) is 0 Å². The average molecular weight is 597 g/mol. The van der Waals surface area contributed by atoms with Crippen LogP contribution in [0.15, 0.2) is 95.6 Å². The first-order valence-electron chi connectivity index (χ1n) is 13.6. The van der Waals surface area contributed by atoms with E-state index in [2.05, 4.69) is 5.32 Å². The van der Waals surface area contributed by atoms with E-state index in [0.29, 0.717) is 16.6 Å². The number of carbonyl (C=O) groups is 2. The zero-order valence-electron chi connectivity index (χ0n) is 23.2. The highest BCUT2D eigenvalue weighted by molar-refractivity contribution is 8.00. The van der Waals surface area contributed by atoms with Gasteiger partial charge < -0.3 is 9.73 Å². The number of rotatable bonds is 7. The minimum Gasteiger partial charge on any atom is -0.467 e. The molecule has 5 aromatic rings.